The molecule has 0 aliphatic rings. The standard InChI is InChI=1S/C21H31N/c1-16(2)12-20(21(15-22-6)13-17(3)4)14-18(5)19-10-8-7-9-11-19/h7-11,14-17,22H,5,12-13H2,1-4,6H3/b20-14-,21-15-. The molecule has 1 aromatic carbocycles. The molecule has 1 aromatic rings. The Morgan fingerprint density at radius 2 is 1.55 bits per heavy atom. The maximum absolute atomic E-state index is 4.27. The number of hydrogen-bond acceptors (Lipinski definition) is 1. The molecule has 0 aromatic heterocycles. The van der Waals surface area contributed by atoms with Crippen molar-refractivity contribution in [3.05, 3.63) is 65.9 Å². The molecule has 0 unspecified atom stereocenters. The van der Waals surface area contributed by atoms with Gasteiger partial charge >= 0.3 is 0 Å². The monoisotopic (exact) mass is 297 g/mol. The number of nitrogens with one attached hydrogen (secondary N) is 1. The van der Waals surface area contributed by atoms with Crippen LogP contribution in [-0.4, -0.2) is 7.05 Å². The van der Waals surface area contributed by atoms with E-state index in [-0.39, 0.29) is 0 Å². The molecule has 1 heteroatoms. The molecule has 0 saturated heterocycles. The lowest BCUT2D eigenvalue weighted by Gasteiger charge is -2.17. The molecule has 0 aliphatic heterocycles. The first-order valence-electron chi connectivity index (χ1n) is 8.25. The minimum Gasteiger partial charge on any atom is -0.394 e. The minimum atomic E-state index is 0.627. The van der Waals surface area contributed by atoms with Gasteiger partial charge < -0.3 is 5.32 Å². The van der Waals surface area contributed by atoms with Crippen LogP contribution in [0.15, 0.2) is 60.3 Å². The first kappa shape index (κ1) is 18.3. The van der Waals surface area contributed by atoms with E-state index in [9.17, 15) is 0 Å². The molecule has 22 heavy (non-hydrogen) atoms. The van der Waals surface area contributed by atoms with Crippen molar-refractivity contribution in [2.24, 2.45) is 11.8 Å². The molecule has 0 fully saturated rings. The summed E-state index contributed by atoms with van der Waals surface area (Å²) in [5.41, 5.74) is 5.06. The Labute approximate surface area is 136 Å². The van der Waals surface area contributed by atoms with Crippen molar-refractivity contribution < 1.29 is 0 Å². The molecule has 0 radical (unpaired) electrons. The van der Waals surface area contributed by atoms with Crippen molar-refractivity contribution in [3.63, 3.8) is 0 Å². The van der Waals surface area contributed by atoms with Gasteiger partial charge in [0, 0.05) is 7.05 Å². The predicted octanol–water partition coefficient (Wildman–Crippen LogP) is 5.82. The van der Waals surface area contributed by atoms with Gasteiger partial charge in [-0.1, -0.05) is 70.7 Å². The molecule has 120 valence electrons. The second-order valence-corrected chi connectivity index (χ2v) is 6.72. The second kappa shape index (κ2) is 9.30. The van der Waals surface area contributed by atoms with Crippen molar-refractivity contribution >= 4 is 5.57 Å². The fraction of sp³-hybridized carbons (Fsp3) is 0.429. The molecule has 1 rings (SSSR count). The Morgan fingerprint density at radius 1 is 1.00 bits per heavy atom. The van der Waals surface area contributed by atoms with E-state index in [1.54, 1.807) is 0 Å². The van der Waals surface area contributed by atoms with E-state index in [1.165, 1.54) is 16.7 Å². The third-order valence-corrected chi connectivity index (χ3v) is 3.48. The predicted molar refractivity (Wildman–Crippen MR) is 99.6 cm³/mol. The van der Waals surface area contributed by atoms with Crippen molar-refractivity contribution in [2.45, 2.75) is 40.5 Å². The quantitative estimate of drug-likeness (QED) is 0.596. The molecule has 0 saturated carbocycles. The molecule has 0 spiro atoms. The SMILES string of the molecule is C=C(/C=C(CC(C)C)\C(=C/NC)CC(C)C)c1ccccc1. The topological polar surface area (TPSA) is 12.0 Å². The van der Waals surface area contributed by atoms with Crippen molar-refractivity contribution in [2.75, 3.05) is 7.05 Å². The zero-order valence-corrected chi connectivity index (χ0v) is 14.8. The number of allylic oxidation sites excluding steroid dienone is 4. The van der Waals surface area contributed by atoms with Gasteiger partial charge in [-0.25, -0.2) is 0 Å². The van der Waals surface area contributed by atoms with Crippen LogP contribution in [0.25, 0.3) is 5.57 Å². The first-order valence-corrected chi connectivity index (χ1v) is 8.25. The summed E-state index contributed by atoms with van der Waals surface area (Å²) in [7, 11) is 1.97. The van der Waals surface area contributed by atoms with E-state index in [1.807, 2.05) is 13.1 Å². The lowest BCUT2D eigenvalue weighted by Crippen LogP contribution is -2.05. The zero-order valence-electron chi connectivity index (χ0n) is 14.8. The summed E-state index contributed by atoms with van der Waals surface area (Å²) >= 11 is 0. The maximum Gasteiger partial charge on any atom is 0.00278 e. The molecule has 0 aliphatic carbocycles. The lowest BCUT2D eigenvalue weighted by atomic mass is 9.89. The number of rotatable bonds is 8. The largest absolute Gasteiger partial charge is 0.394 e. The summed E-state index contributed by atoms with van der Waals surface area (Å²) in [4.78, 5) is 0. The summed E-state index contributed by atoms with van der Waals surface area (Å²) in [6.45, 7) is 13.3. The third-order valence-electron chi connectivity index (χ3n) is 3.48. The smallest absolute Gasteiger partial charge is 0.00278 e. The normalized spacial score (nSPS) is 12.9. The fourth-order valence-electron chi connectivity index (χ4n) is 2.57. The molecule has 1 N–H and O–H groups in total. The van der Waals surface area contributed by atoms with E-state index in [0.717, 1.165) is 18.4 Å². The van der Waals surface area contributed by atoms with Crippen LogP contribution in [0.3, 0.4) is 0 Å². The molecule has 0 atom stereocenters. The highest BCUT2D eigenvalue weighted by Gasteiger charge is 2.11. The second-order valence-electron chi connectivity index (χ2n) is 6.72. The Morgan fingerprint density at radius 3 is 2.05 bits per heavy atom. The van der Waals surface area contributed by atoms with Gasteiger partial charge in [-0.05, 0) is 53.2 Å². The van der Waals surface area contributed by atoms with E-state index < -0.39 is 0 Å². The molecular weight excluding hydrogens is 266 g/mol. The van der Waals surface area contributed by atoms with Crippen LogP contribution in [0, 0.1) is 11.8 Å². The summed E-state index contributed by atoms with van der Waals surface area (Å²) in [5.74, 6) is 1.27. The van der Waals surface area contributed by atoms with Gasteiger partial charge in [-0.2, -0.15) is 0 Å². The first-order chi connectivity index (χ1) is 10.4. The molecule has 1 nitrogen and oxygen atoms in total. The van der Waals surface area contributed by atoms with Crippen LogP contribution < -0.4 is 5.32 Å². The Hall–Kier alpha value is -1.76. The Bertz CT molecular complexity index is 518. The van der Waals surface area contributed by atoms with E-state index in [4.69, 9.17) is 0 Å². The summed E-state index contributed by atoms with van der Waals surface area (Å²) in [6, 6.07) is 10.4. The van der Waals surface area contributed by atoms with Gasteiger partial charge in [-0.3, -0.25) is 0 Å². The zero-order chi connectivity index (χ0) is 16.5. The van der Waals surface area contributed by atoms with Gasteiger partial charge in [-0.15, -0.1) is 0 Å². The van der Waals surface area contributed by atoms with Crippen molar-refractivity contribution in [1.82, 2.24) is 5.32 Å². The summed E-state index contributed by atoms with van der Waals surface area (Å²) < 4.78 is 0. The lowest BCUT2D eigenvalue weighted by molar-refractivity contribution is 0.609. The summed E-state index contributed by atoms with van der Waals surface area (Å²) in [5, 5.41) is 3.21. The van der Waals surface area contributed by atoms with Gasteiger partial charge in [0.1, 0.15) is 0 Å². The van der Waals surface area contributed by atoms with Crippen LogP contribution in [-0.2, 0) is 0 Å². The highest BCUT2D eigenvalue weighted by atomic mass is 14.8. The van der Waals surface area contributed by atoms with Crippen LogP contribution in [0.5, 0.6) is 0 Å². The van der Waals surface area contributed by atoms with Crippen LogP contribution in [0.2, 0.25) is 0 Å². The Kier molecular flexibility index (Phi) is 7.73. The van der Waals surface area contributed by atoms with Gasteiger partial charge in [0.15, 0.2) is 0 Å². The van der Waals surface area contributed by atoms with Crippen molar-refractivity contribution in [3.8, 4) is 0 Å². The molecule has 0 heterocycles. The highest BCUT2D eigenvalue weighted by Crippen LogP contribution is 2.28. The van der Waals surface area contributed by atoms with Gasteiger partial charge in [0.2, 0.25) is 0 Å². The van der Waals surface area contributed by atoms with E-state index >= 15 is 0 Å². The number of benzene rings is 1. The van der Waals surface area contributed by atoms with Crippen molar-refractivity contribution in [1.29, 1.82) is 0 Å². The minimum absolute atomic E-state index is 0.627. The average Bonchev–Trinajstić information content (AvgIpc) is 2.46. The average molecular weight is 297 g/mol. The third kappa shape index (κ3) is 6.34. The van der Waals surface area contributed by atoms with Gasteiger partial charge in [0.05, 0.1) is 0 Å². The number of hydrogen-bond donors (Lipinski definition) is 1. The fourth-order valence-corrected chi connectivity index (χ4v) is 2.57. The van der Waals surface area contributed by atoms with Gasteiger partial charge in [0.25, 0.3) is 0 Å². The maximum atomic E-state index is 4.27. The van der Waals surface area contributed by atoms with E-state index in [2.05, 4.69) is 76.1 Å². The van der Waals surface area contributed by atoms with Crippen LogP contribution in [0.1, 0.15) is 46.1 Å². The van der Waals surface area contributed by atoms with E-state index in [0.29, 0.717) is 11.8 Å². The summed E-state index contributed by atoms with van der Waals surface area (Å²) in [6.07, 6.45) is 6.57. The molecule has 0 amide bonds. The van der Waals surface area contributed by atoms with Crippen LogP contribution in [0.4, 0.5) is 0 Å². The molecule has 0 bridgehead atoms. The van der Waals surface area contributed by atoms with Crippen LogP contribution >= 0.6 is 0 Å². The molecular formula is C21H31N. The Balaban J connectivity index is 3.12. The highest BCUT2D eigenvalue weighted by molar-refractivity contribution is 5.73.